The van der Waals surface area contributed by atoms with Crippen LogP contribution >= 0.6 is 0 Å². The molecule has 0 spiro atoms. The molecule has 7 nitrogen and oxygen atoms in total. The van der Waals surface area contributed by atoms with Gasteiger partial charge in [0.15, 0.2) is 0 Å². The van der Waals surface area contributed by atoms with Gasteiger partial charge in [-0.1, -0.05) is 0 Å². The van der Waals surface area contributed by atoms with Crippen LogP contribution in [0.2, 0.25) is 0 Å². The van der Waals surface area contributed by atoms with Crippen molar-refractivity contribution in [2.75, 3.05) is 6.61 Å². The molecule has 0 heterocycles. The van der Waals surface area contributed by atoms with Gasteiger partial charge in [0.05, 0.1) is 0 Å². The maximum absolute atomic E-state index is 7.50. The summed E-state index contributed by atoms with van der Waals surface area (Å²) in [6, 6.07) is 11.1. The molecule has 0 aliphatic heterocycles. The van der Waals surface area contributed by atoms with Crippen LogP contribution in [0.15, 0.2) is 48.2 Å². The molecule has 1 aliphatic rings. The van der Waals surface area contributed by atoms with Crippen LogP contribution in [0.3, 0.4) is 0 Å². The summed E-state index contributed by atoms with van der Waals surface area (Å²) in [7, 11) is 0. The Hall–Kier alpha value is -2.28. The van der Waals surface area contributed by atoms with Crippen LogP contribution in [0.1, 0.15) is 64.4 Å². The second-order valence-corrected chi connectivity index (χ2v) is 7.78. The van der Waals surface area contributed by atoms with E-state index >= 15 is 0 Å². The first-order valence-corrected chi connectivity index (χ1v) is 12.1. The number of allylic oxidation sites excluding steroid dienone is 2. The maximum atomic E-state index is 7.50. The predicted octanol–water partition coefficient (Wildman–Crippen LogP) is 5.50. The third-order valence-corrected chi connectivity index (χ3v) is 5.70. The van der Waals surface area contributed by atoms with Gasteiger partial charge in [-0.05, 0) is 0 Å². The first-order valence-electron chi connectivity index (χ1n) is 10.7. The zero-order valence-corrected chi connectivity index (χ0v) is 23.1. The number of hydrogen-bond donors (Lipinski definition) is 0. The summed E-state index contributed by atoms with van der Waals surface area (Å²) in [6.07, 6.45) is 15.7. The Morgan fingerprint density at radius 1 is 0.914 bits per heavy atom. The summed E-state index contributed by atoms with van der Waals surface area (Å²) in [5.41, 5.74) is 2.55. The van der Waals surface area contributed by atoms with Gasteiger partial charge in [0.1, 0.15) is 0 Å². The number of benzene rings is 1. The molecule has 0 unspecified atom stereocenters. The van der Waals surface area contributed by atoms with E-state index in [2.05, 4.69) is 101 Å². The van der Waals surface area contributed by atoms with Crippen molar-refractivity contribution in [3.05, 3.63) is 87.0 Å². The molecule has 0 radical (unpaired) electrons. The van der Waals surface area contributed by atoms with Crippen molar-refractivity contribution in [1.82, 2.24) is 4.90 Å². The molecular formula is C27H31NO6W. The van der Waals surface area contributed by atoms with Crippen LogP contribution in [-0.2, 0) is 47.4 Å². The van der Waals surface area contributed by atoms with Crippen molar-refractivity contribution in [2.45, 2.75) is 64.8 Å². The molecule has 1 saturated carbocycles. The van der Waals surface area contributed by atoms with E-state index in [-0.39, 0.29) is 0 Å². The summed E-state index contributed by atoms with van der Waals surface area (Å²) >= 11 is 1.41. The van der Waals surface area contributed by atoms with Crippen LogP contribution in [0.25, 0.3) is 6.08 Å². The molecule has 0 saturated heterocycles. The summed E-state index contributed by atoms with van der Waals surface area (Å²) in [5.74, 6) is 0. The molecule has 186 valence electrons. The van der Waals surface area contributed by atoms with E-state index in [1.54, 1.807) is 0 Å². The van der Waals surface area contributed by atoms with Crippen LogP contribution in [-0.4, -0.2) is 21.8 Å². The molecule has 8 heteroatoms. The van der Waals surface area contributed by atoms with Crippen molar-refractivity contribution in [1.29, 1.82) is 0 Å². The Bertz CT molecular complexity index is 753. The van der Waals surface area contributed by atoms with E-state index in [4.69, 9.17) is 28.0 Å². The molecule has 1 fully saturated rings. The van der Waals surface area contributed by atoms with Gasteiger partial charge < -0.3 is 0 Å². The fourth-order valence-corrected chi connectivity index (χ4v) is 4.62. The van der Waals surface area contributed by atoms with Crippen LogP contribution < -0.4 is 0 Å². The quantitative estimate of drug-likeness (QED) is 0.200. The van der Waals surface area contributed by atoms with Crippen molar-refractivity contribution >= 4 is 10.3 Å². The molecule has 0 aromatic heterocycles. The summed E-state index contributed by atoms with van der Waals surface area (Å²) < 4.78 is 44.6. The normalized spacial score (nSPS) is 11.9. The van der Waals surface area contributed by atoms with E-state index < -0.39 is 0 Å². The van der Waals surface area contributed by atoms with Crippen LogP contribution in [0.4, 0.5) is 0 Å². The van der Waals surface area contributed by atoms with E-state index in [0.29, 0.717) is 6.04 Å². The third-order valence-electron chi connectivity index (χ3n) is 4.57. The first kappa shape index (κ1) is 39.9. The first-order chi connectivity index (χ1) is 17.3. The average Bonchev–Trinajstić information content (AvgIpc) is 2.97. The SMILES string of the molecule is CCC/C=C(\C=C\c1ccccc1)N([C](=[W])OCC)C1CCCCC1.[C-]#[O+].[C-]#[O+].[C-]#[O+].[C-]#[O+].[C-]#[O+]. The molecule has 0 atom stereocenters. The molecule has 2 rings (SSSR count). The number of nitrogens with zero attached hydrogens (tertiary/aromatic N) is 1. The Balaban J connectivity index is -0.000000426. The molecule has 0 bridgehead atoms. The molecule has 1 aromatic carbocycles. The van der Waals surface area contributed by atoms with Gasteiger partial charge in [-0.15, -0.1) is 0 Å². The van der Waals surface area contributed by atoms with Gasteiger partial charge in [-0.2, -0.15) is 0 Å². The van der Waals surface area contributed by atoms with Crippen molar-refractivity contribution in [3.63, 3.8) is 0 Å². The summed E-state index contributed by atoms with van der Waals surface area (Å²) in [4.78, 5) is 2.49. The number of rotatable bonds is 9. The molecule has 1 aliphatic carbocycles. The second kappa shape index (κ2) is 33.9. The molecule has 0 amide bonds. The number of ether oxygens (including phenoxy) is 1. The molecular weight excluding hydrogens is 618 g/mol. The van der Waals surface area contributed by atoms with E-state index in [1.165, 1.54) is 69.1 Å². The minimum absolute atomic E-state index is 0.580. The molecule has 35 heavy (non-hydrogen) atoms. The third kappa shape index (κ3) is 19.7. The average molecular weight is 649 g/mol. The predicted molar refractivity (Wildman–Crippen MR) is 123 cm³/mol. The number of hydrogen-bond acceptors (Lipinski definition) is 2. The monoisotopic (exact) mass is 649 g/mol. The van der Waals surface area contributed by atoms with Crippen LogP contribution in [0, 0.1) is 33.3 Å². The van der Waals surface area contributed by atoms with Gasteiger partial charge >= 0.3 is 221 Å². The molecule has 0 N–H and O–H groups in total. The van der Waals surface area contributed by atoms with E-state index in [0.717, 1.165) is 17.2 Å². The van der Waals surface area contributed by atoms with Gasteiger partial charge in [-0.3, -0.25) is 0 Å². The van der Waals surface area contributed by atoms with Gasteiger partial charge in [0.2, 0.25) is 0 Å². The van der Waals surface area contributed by atoms with Crippen molar-refractivity contribution in [2.24, 2.45) is 0 Å². The Morgan fingerprint density at radius 2 is 1.43 bits per heavy atom. The zero-order valence-electron chi connectivity index (χ0n) is 20.2. The zero-order chi connectivity index (χ0) is 27.9. The summed E-state index contributed by atoms with van der Waals surface area (Å²) in [6.45, 7) is 27.6. The van der Waals surface area contributed by atoms with Crippen molar-refractivity contribution < 1.29 is 47.4 Å². The fraction of sp³-hybridized carbons (Fsp3) is 0.407. The standard InChI is InChI=1S/C22H31NO.5CO.W/c1-3-5-14-22(18-17-20-12-8-6-9-13-20)23(19-24-4-2)21-15-10-7-11-16-21;5*1-2;/h6,8-9,12-14,17-18,21H,3-5,7,10-11,15-16H2,1-2H3;;;;;;/b18-17+,22-14+;;;;;;. The number of unbranched alkanes of at least 4 members (excludes halogenated alkanes) is 1. The van der Waals surface area contributed by atoms with E-state index in [1.807, 2.05) is 0 Å². The fourth-order valence-electron chi connectivity index (χ4n) is 3.28. The van der Waals surface area contributed by atoms with Gasteiger partial charge in [-0.25, -0.2) is 0 Å². The second-order valence-electron chi connectivity index (χ2n) is 6.52. The topological polar surface area (TPSA) is 112 Å². The van der Waals surface area contributed by atoms with Gasteiger partial charge in [0, 0.05) is 0 Å². The Morgan fingerprint density at radius 3 is 1.89 bits per heavy atom. The summed E-state index contributed by atoms with van der Waals surface area (Å²) in [5, 5.41) is 0. The van der Waals surface area contributed by atoms with E-state index in [9.17, 15) is 0 Å². The van der Waals surface area contributed by atoms with Crippen molar-refractivity contribution in [3.8, 4) is 0 Å². The minimum atomic E-state index is 0.580. The Kier molecular flexibility index (Phi) is 38.6. The van der Waals surface area contributed by atoms with Gasteiger partial charge in [0.25, 0.3) is 0 Å². The Labute approximate surface area is 220 Å². The molecule has 1 aromatic rings. The van der Waals surface area contributed by atoms with Crippen LogP contribution in [0.5, 0.6) is 0 Å².